The summed E-state index contributed by atoms with van der Waals surface area (Å²) in [5, 5.41) is 8.41. The molecular formula is C19H14F3NO5S. The number of carboxylic acid groups (broad SMARTS) is 1. The number of oxazole rings is 1. The minimum atomic E-state index is -4.50. The Balaban J connectivity index is 1.98. The highest BCUT2D eigenvalue weighted by atomic mass is 32.2. The van der Waals surface area contributed by atoms with Crippen molar-refractivity contribution in [3.05, 3.63) is 65.4 Å². The van der Waals surface area contributed by atoms with Crippen LogP contribution in [0.5, 0.6) is 0 Å². The highest BCUT2D eigenvalue weighted by Crippen LogP contribution is 2.33. The molecular weight excluding hydrogens is 411 g/mol. The summed E-state index contributed by atoms with van der Waals surface area (Å²) in [5.41, 5.74) is -0.350. The van der Waals surface area contributed by atoms with Gasteiger partial charge >= 0.3 is 12.1 Å². The van der Waals surface area contributed by atoms with Crippen molar-refractivity contribution in [2.24, 2.45) is 0 Å². The molecule has 0 aliphatic rings. The minimum absolute atomic E-state index is 0.0311. The number of aryl methyl sites for hydroxylation is 1. The molecule has 6 nitrogen and oxygen atoms in total. The summed E-state index contributed by atoms with van der Waals surface area (Å²) in [4.78, 5) is 14.7. The molecule has 0 aliphatic heterocycles. The van der Waals surface area contributed by atoms with Crippen LogP contribution in [0, 0.1) is 6.92 Å². The van der Waals surface area contributed by atoms with Gasteiger partial charge < -0.3 is 9.52 Å². The van der Waals surface area contributed by atoms with E-state index in [4.69, 9.17) is 9.52 Å². The molecule has 3 rings (SSSR count). The van der Waals surface area contributed by atoms with E-state index >= 15 is 0 Å². The molecule has 0 aliphatic carbocycles. The molecule has 0 saturated carbocycles. The zero-order chi connectivity index (χ0) is 21.4. The van der Waals surface area contributed by atoms with Gasteiger partial charge in [-0.3, -0.25) is 4.79 Å². The maximum Gasteiger partial charge on any atom is 0.416 e. The van der Waals surface area contributed by atoms with Crippen molar-refractivity contribution < 1.29 is 35.9 Å². The molecule has 0 radical (unpaired) electrons. The van der Waals surface area contributed by atoms with Crippen molar-refractivity contribution in [2.75, 3.05) is 0 Å². The summed E-state index contributed by atoms with van der Waals surface area (Å²) < 4.78 is 69.2. The van der Waals surface area contributed by atoms with Crippen molar-refractivity contribution >= 4 is 15.8 Å². The highest BCUT2D eigenvalue weighted by molar-refractivity contribution is 7.91. The topological polar surface area (TPSA) is 97.5 Å². The summed E-state index contributed by atoms with van der Waals surface area (Å²) in [7, 11) is -4.15. The monoisotopic (exact) mass is 425 g/mol. The number of carbonyl (C=O) groups is 1. The van der Waals surface area contributed by atoms with Gasteiger partial charge in [-0.25, -0.2) is 13.4 Å². The first kappa shape index (κ1) is 20.6. The fourth-order valence-corrected chi connectivity index (χ4v) is 4.06. The minimum Gasteiger partial charge on any atom is -0.481 e. The second kappa shape index (κ2) is 7.36. The molecule has 0 unspecified atom stereocenters. The molecule has 2 aromatic carbocycles. The Bertz CT molecular complexity index is 1170. The number of alkyl halides is 3. The lowest BCUT2D eigenvalue weighted by atomic mass is 10.1. The third-order valence-electron chi connectivity index (χ3n) is 4.02. The molecule has 29 heavy (non-hydrogen) atoms. The lowest BCUT2D eigenvalue weighted by Crippen LogP contribution is -2.05. The molecule has 3 aromatic rings. The van der Waals surface area contributed by atoms with Gasteiger partial charge in [0.05, 0.1) is 22.6 Å². The standard InChI is InChI=1S/C19H14F3NO5S/c1-11-18(29(26,27)15-4-2-3-12(9-15)10-16(24)25)28-17(23-11)13-5-7-14(8-6-13)19(20,21)22/h2-9H,10H2,1H3,(H,24,25). The van der Waals surface area contributed by atoms with Crippen LogP contribution < -0.4 is 0 Å². The molecule has 0 bridgehead atoms. The molecule has 1 heterocycles. The molecule has 152 valence electrons. The molecule has 0 atom stereocenters. The highest BCUT2D eigenvalue weighted by Gasteiger charge is 2.31. The summed E-state index contributed by atoms with van der Waals surface area (Å²) in [6.07, 6.45) is -4.85. The zero-order valence-electron chi connectivity index (χ0n) is 14.9. The zero-order valence-corrected chi connectivity index (χ0v) is 15.7. The number of rotatable bonds is 5. The van der Waals surface area contributed by atoms with Crippen molar-refractivity contribution in [1.29, 1.82) is 0 Å². The second-order valence-electron chi connectivity index (χ2n) is 6.19. The molecule has 10 heteroatoms. The normalized spacial score (nSPS) is 12.1. The number of sulfone groups is 1. The first-order valence-electron chi connectivity index (χ1n) is 8.19. The maximum atomic E-state index is 12.9. The van der Waals surface area contributed by atoms with Crippen molar-refractivity contribution in [3.8, 4) is 11.5 Å². The number of benzene rings is 2. The third-order valence-corrected chi connectivity index (χ3v) is 5.76. The van der Waals surface area contributed by atoms with Gasteiger partial charge in [-0.05, 0) is 48.9 Å². The van der Waals surface area contributed by atoms with E-state index < -0.39 is 32.6 Å². The van der Waals surface area contributed by atoms with Crippen LogP contribution in [0.2, 0.25) is 0 Å². The summed E-state index contributed by atoms with van der Waals surface area (Å²) >= 11 is 0. The third kappa shape index (κ3) is 4.32. The lowest BCUT2D eigenvalue weighted by Gasteiger charge is -2.06. The lowest BCUT2D eigenvalue weighted by molar-refractivity contribution is -0.138. The summed E-state index contributed by atoms with van der Waals surface area (Å²) in [5.74, 6) is -1.25. The maximum absolute atomic E-state index is 12.9. The molecule has 0 fully saturated rings. The Hall–Kier alpha value is -3.14. The van der Waals surface area contributed by atoms with Gasteiger partial charge in [0.2, 0.25) is 20.8 Å². The first-order chi connectivity index (χ1) is 13.5. The van der Waals surface area contributed by atoms with Crippen LogP contribution in [0.25, 0.3) is 11.5 Å². The van der Waals surface area contributed by atoms with Crippen molar-refractivity contribution in [2.45, 2.75) is 29.5 Å². The van der Waals surface area contributed by atoms with E-state index in [2.05, 4.69) is 4.98 Å². The van der Waals surface area contributed by atoms with Gasteiger partial charge in [-0.1, -0.05) is 12.1 Å². The van der Waals surface area contributed by atoms with Gasteiger partial charge in [-0.2, -0.15) is 13.2 Å². The molecule has 0 saturated heterocycles. The van der Waals surface area contributed by atoms with Crippen LogP contribution in [0.3, 0.4) is 0 Å². The van der Waals surface area contributed by atoms with Gasteiger partial charge in [0.1, 0.15) is 0 Å². The van der Waals surface area contributed by atoms with Gasteiger partial charge in [0.15, 0.2) is 0 Å². The molecule has 0 amide bonds. The quantitative estimate of drug-likeness (QED) is 0.660. The van der Waals surface area contributed by atoms with E-state index in [0.29, 0.717) is 5.56 Å². The Kier molecular flexibility index (Phi) is 5.22. The van der Waals surface area contributed by atoms with E-state index in [1.165, 1.54) is 31.2 Å². The van der Waals surface area contributed by atoms with Crippen LogP contribution in [0.15, 0.2) is 62.9 Å². The van der Waals surface area contributed by atoms with Crippen molar-refractivity contribution in [1.82, 2.24) is 4.98 Å². The van der Waals surface area contributed by atoms with E-state index in [9.17, 15) is 26.4 Å². The number of hydrogen-bond acceptors (Lipinski definition) is 5. The fraction of sp³-hybridized carbons (Fsp3) is 0.158. The van der Waals surface area contributed by atoms with E-state index in [1.54, 1.807) is 0 Å². The fourth-order valence-electron chi connectivity index (χ4n) is 2.66. The smallest absolute Gasteiger partial charge is 0.416 e. The predicted octanol–water partition coefficient (Wildman–Crippen LogP) is 4.13. The number of nitrogens with zero attached hydrogens (tertiary/aromatic N) is 1. The van der Waals surface area contributed by atoms with Crippen LogP contribution in [-0.2, 0) is 27.2 Å². The van der Waals surface area contributed by atoms with Crippen molar-refractivity contribution in [3.63, 3.8) is 0 Å². The first-order valence-corrected chi connectivity index (χ1v) is 9.67. The largest absolute Gasteiger partial charge is 0.481 e. The van der Waals surface area contributed by atoms with Gasteiger partial charge in [0, 0.05) is 5.56 Å². The van der Waals surface area contributed by atoms with Crippen LogP contribution >= 0.6 is 0 Å². The SMILES string of the molecule is Cc1nc(-c2ccc(C(F)(F)F)cc2)oc1S(=O)(=O)c1cccc(CC(=O)O)c1. The summed E-state index contributed by atoms with van der Waals surface area (Å²) in [6.45, 7) is 1.39. The van der Waals surface area contributed by atoms with E-state index in [1.807, 2.05) is 0 Å². The molecule has 1 N–H and O–H groups in total. The number of aromatic nitrogens is 1. The Morgan fingerprint density at radius 1 is 1.14 bits per heavy atom. The van der Waals surface area contributed by atoms with E-state index in [-0.39, 0.29) is 28.5 Å². The Morgan fingerprint density at radius 3 is 2.38 bits per heavy atom. The van der Waals surface area contributed by atoms with Crippen LogP contribution in [0.1, 0.15) is 16.8 Å². The molecule has 0 spiro atoms. The van der Waals surface area contributed by atoms with Gasteiger partial charge in [-0.15, -0.1) is 0 Å². The van der Waals surface area contributed by atoms with Crippen LogP contribution in [-0.4, -0.2) is 24.5 Å². The predicted molar refractivity (Wildman–Crippen MR) is 94.9 cm³/mol. The number of aliphatic carboxylic acids is 1. The Morgan fingerprint density at radius 2 is 1.79 bits per heavy atom. The average Bonchev–Trinajstić information content (AvgIpc) is 3.03. The number of halogens is 3. The number of carboxylic acids is 1. The second-order valence-corrected chi connectivity index (χ2v) is 8.04. The summed E-state index contributed by atoms with van der Waals surface area (Å²) in [6, 6.07) is 9.37. The molecule has 1 aromatic heterocycles. The van der Waals surface area contributed by atoms with E-state index in [0.717, 1.165) is 24.3 Å². The average molecular weight is 425 g/mol. The van der Waals surface area contributed by atoms with Crippen LogP contribution in [0.4, 0.5) is 13.2 Å². The van der Waals surface area contributed by atoms with Gasteiger partial charge in [0.25, 0.3) is 0 Å². The Labute approximate surface area is 163 Å². The number of hydrogen-bond donors (Lipinski definition) is 1.